The molecule has 0 radical (unpaired) electrons. The zero-order valence-corrected chi connectivity index (χ0v) is 31.4. The number of hydrogen-bond donors (Lipinski definition) is 3. The number of anilines is 1. The quantitative estimate of drug-likeness (QED) is 0.0998. The molecule has 10 heteroatoms. The summed E-state index contributed by atoms with van der Waals surface area (Å²) in [5.41, 5.74) is 13.7. The van der Waals surface area contributed by atoms with Gasteiger partial charge in [-0.25, -0.2) is 15.0 Å². The van der Waals surface area contributed by atoms with E-state index >= 15 is 0 Å². The molecule has 272 valence electrons. The summed E-state index contributed by atoms with van der Waals surface area (Å²) < 4.78 is 0. The minimum absolute atomic E-state index is 0. The normalized spacial score (nSPS) is 11.0. The van der Waals surface area contributed by atoms with Gasteiger partial charge in [-0.1, -0.05) is 155 Å². The summed E-state index contributed by atoms with van der Waals surface area (Å²) in [7, 11) is 0. The maximum absolute atomic E-state index is 13.4. The van der Waals surface area contributed by atoms with Crippen LogP contribution in [0.2, 0.25) is 0 Å². The number of hydrogen-bond acceptors (Lipinski definition) is 8. The van der Waals surface area contributed by atoms with Crippen LogP contribution in [-0.4, -0.2) is 37.2 Å². The van der Waals surface area contributed by atoms with E-state index < -0.39 is 0 Å². The Bertz CT molecular complexity index is 2530. The Kier molecular flexibility index (Phi) is 11.4. The van der Waals surface area contributed by atoms with Gasteiger partial charge in [0.15, 0.2) is 10.0 Å². The number of rotatable bonds is 9. The molecule has 4 aromatic heterocycles. The van der Waals surface area contributed by atoms with Gasteiger partial charge >= 0.3 is 0 Å². The third-order valence-electron chi connectivity index (χ3n) is 8.77. The standard InChI is InChI=1S/C28H23N3OS.C15H15N3OS.CH4/c1-18(2)24-27(31-25(19-11-5-3-6-12-19)20-13-7-4-8-14-20)33-28(30-24)26(32)22-17-29-23-16-10-9-15-21(22)23;1-8(2)12-14(16)20-15(18-12)13(19)10-7-17-11-6-4-3-5-9(10)11;/h3-18,29H,1-2H3;3-8,17H,16H2,1-2H3;1H4. The third-order valence-corrected chi connectivity index (χ3v) is 10.6. The van der Waals surface area contributed by atoms with Crippen molar-refractivity contribution in [3.63, 3.8) is 0 Å². The fraction of sp³-hybridized carbons (Fsp3) is 0.159. The van der Waals surface area contributed by atoms with Gasteiger partial charge < -0.3 is 15.7 Å². The Hall–Kier alpha value is -5.97. The number of carbonyl (C=O) groups excluding carboxylic acids is 2. The number of nitrogens with zero attached hydrogens (tertiary/aromatic N) is 3. The predicted molar refractivity (Wildman–Crippen MR) is 225 cm³/mol. The number of para-hydroxylation sites is 2. The van der Waals surface area contributed by atoms with Gasteiger partial charge in [0.05, 0.1) is 28.2 Å². The average molecular weight is 751 g/mol. The van der Waals surface area contributed by atoms with Gasteiger partial charge in [-0.3, -0.25) is 9.59 Å². The number of ketones is 2. The lowest BCUT2D eigenvalue weighted by Gasteiger charge is -2.08. The second-order valence-corrected chi connectivity index (χ2v) is 15.1. The minimum Gasteiger partial charge on any atom is -0.389 e. The van der Waals surface area contributed by atoms with Crippen molar-refractivity contribution in [2.75, 3.05) is 5.73 Å². The van der Waals surface area contributed by atoms with Gasteiger partial charge in [0.1, 0.15) is 10.0 Å². The predicted octanol–water partition coefficient (Wildman–Crippen LogP) is 11.3. The van der Waals surface area contributed by atoms with Gasteiger partial charge in [0.25, 0.3) is 0 Å². The molecule has 0 atom stereocenters. The van der Waals surface area contributed by atoms with Gasteiger partial charge in [-0.15, -0.1) is 0 Å². The van der Waals surface area contributed by atoms with E-state index in [0.717, 1.165) is 55.0 Å². The van der Waals surface area contributed by atoms with Crippen molar-refractivity contribution in [2.24, 2.45) is 4.99 Å². The van der Waals surface area contributed by atoms with E-state index in [0.29, 0.717) is 26.1 Å². The van der Waals surface area contributed by atoms with Crippen molar-refractivity contribution < 1.29 is 9.59 Å². The molecule has 0 saturated carbocycles. The van der Waals surface area contributed by atoms with Crippen molar-refractivity contribution in [1.29, 1.82) is 0 Å². The van der Waals surface area contributed by atoms with Crippen molar-refractivity contribution in [1.82, 2.24) is 19.9 Å². The molecule has 0 aliphatic carbocycles. The number of carbonyl (C=O) groups is 2. The highest BCUT2D eigenvalue weighted by atomic mass is 32.1. The smallest absolute Gasteiger partial charge is 0.223 e. The highest BCUT2D eigenvalue weighted by Crippen LogP contribution is 2.36. The van der Waals surface area contributed by atoms with E-state index in [2.05, 4.69) is 53.1 Å². The number of nitrogen functional groups attached to an aromatic ring is 1. The molecular weight excluding hydrogens is 709 g/mol. The molecule has 8 nitrogen and oxygen atoms in total. The number of nitrogens with one attached hydrogen (secondary N) is 2. The van der Waals surface area contributed by atoms with Crippen LogP contribution in [0.4, 0.5) is 10.0 Å². The first-order valence-corrected chi connectivity index (χ1v) is 19.0. The van der Waals surface area contributed by atoms with Crippen LogP contribution in [0, 0.1) is 0 Å². The number of aromatic amines is 2. The summed E-state index contributed by atoms with van der Waals surface area (Å²) in [6.45, 7) is 8.20. The van der Waals surface area contributed by atoms with Crippen LogP contribution in [0.5, 0.6) is 0 Å². The zero-order valence-electron chi connectivity index (χ0n) is 29.8. The van der Waals surface area contributed by atoms with Gasteiger partial charge in [0, 0.05) is 45.3 Å². The van der Waals surface area contributed by atoms with E-state index in [9.17, 15) is 9.59 Å². The van der Waals surface area contributed by atoms with Gasteiger partial charge in [-0.05, 0) is 24.0 Å². The largest absolute Gasteiger partial charge is 0.389 e. The lowest BCUT2D eigenvalue weighted by molar-refractivity contribution is 0.103. The SMILES string of the molecule is C.CC(C)c1nc(C(=O)c2c[nH]c3ccccc23)sc1N.CC(C)c1nc(C(=O)c2c[nH]c3ccccc23)sc1N=C(c1ccccc1)c1ccccc1. The molecule has 4 N–H and O–H groups in total. The average Bonchev–Trinajstić information content (AvgIpc) is 3.99. The molecule has 0 fully saturated rings. The minimum atomic E-state index is -0.0817. The summed E-state index contributed by atoms with van der Waals surface area (Å²) in [4.78, 5) is 46.5. The number of aliphatic imine (C=N–C) groups is 1. The Morgan fingerprint density at radius 1 is 0.611 bits per heavy atom. The number of nitrogens with two attached hydrogens (primary N) is 1. The van der Waals surface area contributed by atoms with E-state index in [1.165, 1.54) is 22.7 Å². The van der Waals surface area contributed by atoms with Crippen LogP contribution < -0.4 is 5.73 Å². The van der Waals surface area contributed by atoms with Crippen molar-refractivity contribution in [3.8, 4) is 0 Å². The molecule has 0 bridgehead atoms. The topological polar surface area (TPSA) is 130 Å². The Labute approximate surface area is 322 Å². The number of H-pyrrole nitrogens is 2. The summed E-state index contributed by atoms with van der Waals surface area (Å²) in [5, 5.41) is 4.14. The van der Waals surface area contributed by atoms with Gasteiger partial charge in [-0.2, -0.15) is 0 Å². The van der Waals surface area contributed by atoms with Crippen molar-refractivity contribution in [2.45, 2.75) is 47.0 Å². The maximum atomic E-state index is 13.4. The number of aromatic nitrogens is 4. The third kappa shape index (κ3) is 7.71. The van der Waals surface area contributed by atoms with E-state index in [1.54, 1.807) is 12.4 Å². The maximum Gasteiger partial charge on any atom is 0.223 e. The second-order valence-electron chi connectivity index (χ2n) is 13.1. The monoisotopic (exact) mass is 750 g/mol. The summed E-state index contributed by atoms with van der Waals surface area (Å²) in [6.07, 6.45) is 3.51. The van der Waals surface area contributed by atoms with Crippen LogP contribution in [-0.2, 0) is 0 Å². The Balaban J connectivity index is 0.000000203. The molecule has 54 heavy (non-hydrogen) atoms. The van der Waals surface area contributed by atoms with Crippen LogP contribution in [0.1, 0.15) is 100 Å². The molecule has 4 heterocycles. The first-order valence-electron chi connectivity index (χ1n) is 17.4. The molecule has 8 aromatic rings. The van der Waals surface area contributed by atoms with Crippen molar-refractivity contribution in [3.05, 3.63) is 165 Å². The van der Waals surface area contributed by atoms with E-state index in [1.807, 2.05) is 98.8 Å². The first kappa shape index (κ1) is 37.8. The molecule has 0 saturated heterocycles. The summed E-state index contributed by atoms with van der Waals surface area (Å²) >= 11 is 2.62. The van der Waals surface area contributed by atoms with E-state index in [-0.39, 0.29) is 30.8 Å². The number of benzene rings is 4. The first-order chi connectivity index (χ1) is 25.7. The molecular formula is C44H42N6O2S2. The fourth-order valence-electron chi connectivity index (χ4n) is 6.07. The molecule has 4 aromatic carbocycles. The number of thiazole rings is 2. The molecule has 0 unspecified atom stereocenters. The lowest BCUT2D eigenvalue weighted by atomic mass is 10.0. The molecule has 8 rings (SSSR count). The summed E-state index contributed by atoms with van der Waals surface area (Å²) in [5.74, 6) is 0.195. The van der Waals surface area contributed by atoms with Gasteiger partial charge in [0.2, 0.25) is 11.6 Å². The fourth-order valence-corrected chi connectivity index (χ4v) is 8.06. The zero-order chi connectivity index (χ0) is 37.1. The molecule has 0 aliphatic heterocycles. The molecule has 0 amide bonds. The summed E-state index contributed by atoms with van der Waals surface area (Å²) in [6, 6.07) is 35.8. The Morgan fingerprint density at radius 2 is 1.04 bits per heavy atom. The highest BCUT2D eigenvalue weighted by molar-refractivity contribution is 7.18. The second kappa shape index (κ2) is 16.4. The van der Waals surface area contributed by atoms with Crippen molar-refractivity contribution >= 4 is 71.8 Å². The van der Waals surface area contributed by atoms with Crippen LogP contribution >= 0.6 is 22.7 Å². The van der Waals surface area contributed by atoms with Crippen LogP contribution in [0.15, 0.2) is 127 Å². The van der Waals surface area contributed by atoms with Crippen LogP contribution in [0.25, 0.3) is 21.8 Å². The number of fused-ring (bicyclic) bond motifs is 2. The Morgan fingerprint density at radius 3 is 1.50 bits per heavy atom. The molecule has 0 aliphatic rings. The van der Waals surface area contributed by atoms with Crippen LogP contribution in [0.3, 0.4) is 0 Å². The lowest BCUT2D eigenvalue weighted by Crippen LogP contribution is -2.03. The highest BCUT2D eigenvalue weighted by Gasteiger charge is 2.23. The van der Waals surface area contributed by atoms with E-state index in [4.69, 9.17) is 15.7 Å². The molecule has 0 spiro atoms.